The average molecular weight is 321 g/mol. The highest BCUT2D eigenvalue weighted by Crippen LogP contribution is 2.42. The zero-order chi connectivity index (χ0) is 15.3. The molecule has 6 nitrogen and oxygen atoms in total. The maximum absolute atomic E-state index is 12.4. The number of nitrogens with zero attached hydrogens (tertiary/aromatic N) is 2. The Bertz CT molecular complexity index is 613. The van der Waals surface area contributed by atoms with Gasteiger partial charge in [0.25, 0.3) is 0 Å². The van der Waals surface area contributed by atoms with Crippen molar-refractivity contribution in [2.75, 3.05) is 11.9 Å². The van der Waals surface area contributed by atoms with Crippen molar-refractivity contribution in [3.63, 3.8) is 0 Å². The normalized spacial score (nSPS) is 29.9. The summed E-state index contributed by atoms with van der Waals surface area (Å²) in [6.07, 6.45) is 4.95. The average Bonchev–Trinajstić information content (AvgIpc) is 3.01. The molecular weight excluding hydrogens is 302 g/mol. The van der Waals surface area contributed by atoms with Crippen LogP contribution in [0.25, 0.3) is 0 Å². The predicted molar refractivity (Wildman–Crippen MR) is 81.6 cm³/mol. The van der Waals surface area contributed by atoms with Crippen LogP contribution in [0.1, 0.15) is 43.7 Å². The van der Waals surface area contributed by atoms with Crippen molar-refractivity contribution in [3.8, 4) is 0 Å². The number of hydrogen-bond acceptors (Lipinski definition) is 5. The minimum atomic E-state index is -0.604. The Morgan fingerprint density at radius 2 is 2.18 bits per heavy atom. The van der Waals surface area contributed by atoms with E-state index in [9.17, 15) is 14.7 Å². The van der Waals surface area contributed by atoms with Gasteiger partial charge in [-0.15, -0.1) is 11.3 Å². The zero-order valence-corrected chi connectivity index (χ0v) is 13.0. The molecular formula is C15H19N3O3S. The lowest BCUT2D eigenvalue weighted by Gasteiger charge is -2.22. The van der Waals surface area contributed by atoms with Gasteiger partial charge in [-0.05, 0) is 32.1 Å². The van der Waals surface area contributed by atoms with Crippen LogP contribution < -0.4 is 5.32 Å². The Morgan fingerprint density at radius 3 is 2.86 bits per heavy atom. The number of aliphatic hydroxyl groups excluding tert-OH is 1. The van der Waals surface area contributed by atoms with Crippen LogP contribution in [0.15, 0.2) is 5.38 Å². The highest BCUT2D eigenvalue weighted by molar-refractivity contribution is 7.14. The smallest absolute Gasteiger partial charge is 0.315 e. The summed E-state index contributed by atoms with van der Waals surface area (Å²) in [5, 5.41) is 14.5. The van der Waals surface area contributed by atoms with Crippen molar-refractivity contribution in [3.05, 3.63) is 11.1 Å². The number of carbonyl (C=O) groups is 2. The summed E-state index contributed by atoms with van der Waals surface area (Å²) in [6.45, 7) is 0.0871. The number of amides is 2. The summed E-state index contributed by atoms with van der Waals surface area (Å²) in [7, 11) is 0. The van der Waals surface area contributed by atoms with Gasteiger partial charge in [-0.25, -0.2) is 4.98 Å². The SMILES string of the molecule is O=C(Nc1nc(C2CC2)cs1)C(=O)N1[C@@H]2CC[C@H]1[C@H](CO)C2. The van der Waals surface area contributed by atoms with Gasteiger partial charge in [-0.3, -0.25) is 14.9 Å². The molecule has 1 aromatic heterocycles. The lowest BCUT2D eigenvalue weighted by atomic mass is 9.90. The molecule has 3 fully saturated rings. The number of anilines is 1. The Kier molecular flexibility index (Phi) is 3.41. The Hall–Kier alpha value is -1.47. The van der Waals surface area contributed by atoms with Gasteiger partial charge >= 0.3 is 11.8 Å². The topological polar surface area (TPSA) is 82.5 Å². The second-order valence-corrected chi connectivity index (χ2v) is 7.35. The minimum absolute atomic E-state index is 0.0200. The molecule has 3 atom stereocenters. The lowest BCUT2D eigenvalue weighted by molar-refractivity contribution is -0.144. The third-order valence-electron chi connectivity index (χ3n) is 5.07. The molecule has 0 spiro atoms. The van der Waals surface area contributed by atoms with Crippen LogP contribution in [0.3, 0.4) is 0 Å². The Balaban J connectivity index is 1.42. The molecule has 0 aromatic carbocycles. The standard InChI is InChI=1S/C15H19N3O3S/c19-6-9-5-10-3-4-12(9)18(10)14(21)13(20)17-15-16-11(7-22-15)8-1-2-8/h7-10,12,19H,1-6H2,(H,16,17,20)/t9-,10+,12-/m0/s1. The fourth-order valence-electron chi connectivity index (χ4n) is 3.80. The number of fused-ring (bicyclic) bond motifs is 2. The molecule has 2 aliphatic heterocycles. The molecule has 2 N–H and O–H groups in total. The molecule has 0 unspecified atom stereocenters. The van der Waals surface area contributed by atoms with Gasteiger partial charge in [-0.1, -0.05) is 0 Å². The van der Waals surface area contributed by atoms with Crippen molar-refractivity contribution < 1.29 is 14.7 Å². The van der Waals surface area contributed by atoms with Gasteiger partial charge in [0, 0.05) is 35.9 Å². The van der Waals surface area contributed by atoms with Crippen LogP contribution >= 0.6 is 11.3 Å². The predicted octanol–water partition coefficient (Wildman–Crippen LogP) is 1.33. The van der Waals surface area contributed by atoms with Crippen LogP contribution in [0.2, 0.25) is 0 Å². The molecule has 1 aromatic rings. The third kappa shape index (κ3) is 2.32. The quantitative estimate of drug-likeness (QED) is 0.823. The van der Waals surface area contributed by atoms with Gasteiger partial charge in [0.05, 0.1) is 5.69 Å². The third-order valence-corrected chi connectivity index (χ3v) is 5.84. The van der Waals surface area contributed by atoms with Gasteiger partial charge in [0.2, 0.25) is 0 Å². The van der Waals surface area contributed by atoms with E-state index in [1.807, 2.05) is 5.38 Å². The first-order valence-corrected chi connectivity index (χ1v) is 8.75. The first-order valence-electron chi connectivity index (χ1n) is 7.87. The first-order chi connectivity index (χ1) is 10.7. The summed E-state index contributed by atoms with van der Waals surface area (Å²) < 4.78 is 0. The molecule has 3 heterocycles. The van der Waals surface area contributed by atoms with E-state index in [4.69, 9.17) is 0 Å². The Labute approximate surface area is 132 Å². The number of carbonyl (C=O) groups excluding carboxylic acids is 2. The number of nitrogens with one attached hydrogen (secondary N) is 1. The summed E-state index contributed by atoms with van der Waals surface area (Å²) in [5.74, 6) is -0.423. The van der Waals surface area contributed by atoms with Crippen molar-refractivity contribution >= 4 is 28.3 Å². The van der Waals surface area contributed by atoms with E-state index in [0.717, 1.165) is 37.8 Å². The highest BCUT2D eigenvalue weighted by atomic mass is 32.1. The highest BCUT2D eigenvalue weighted by Gasteiger charge is 2.49. The van der Waals surface area contributed by atoms with Crippen LogP contribution in [0, 0.1) is 5.92 Å². The molecule has 2 saturated heterocycles. The van der Waals surface area contributed by atoms with Gasteiger partial charge < -0.3 is 10.0 Å². The minimum Gasteiger partial charge on any atom is -0.396 e. The molecule has 3 aliphatic rings. The molecule has 7 heteroatoms. The second-order valence-electron chi connectivity index (χ2n) is 6.50. The van der Waals surface area contributed by atoms with Gasteiger partial charge in [-0.2, -0.15) is 0 Å². The largest absolute Gasteiger partial charge is 0.396 e. The number of rotatable bonds is 3. The Morgan fingerprint density at radius 1 is 1.36 bits per heavy atom. The van der Waals surface area contributed by atoms with Crippen molar-refractivity contribution in [1.82, 2.24) is 9.88 Å². The lowest BCUT2D eigenvalue weighted by Crippen LogP contribution is -2.43. The zero-order valence-electron chi connectivity index (χ0n) is 12.2. The van der Waals surface area contributed by atoms with Gasteiger partial charge in [0.15, 0.2) is 5.13 Å². The number of aromatic nitrogens is 1. The summed E-state index contributed by atoms with van der Waals surface area (Å²) in [4.78, 5) is 30.7. The molecule has 118 valence electrons. The molecule has 22 heavy (non-hydrogen) atoms. The van der Waals surface area contributed by atoms with Crippen molar-refractivity contribution in [2.45, 2.75) is 50.1 Å². The number of hydrogen-bond donors (Lipinski definition) is 2. The van der Waals surface area contributed by atoms with Crippen molar-refractivity contribution in [2.24, 2.45) is 5.92 Å². The van der Waals surface area contributed by atoms with E-state index >= 15 is 0 Å². The molecule has 0 radical (unpaired) electrons. The number of aliphatic hydroxyl groups is 1. The maximum atomic E-state index is 12.4. The van der Waals surface area contributed by atoms with E-state index in [1.165, 1.54) is 11.3 Å². The first kappa shape index (κ1) is 14.1. The fourth-order valence-corrected chi connectivity index (χ4v) is 4.59. The summed E-state index contributed by atoms with van der Waals surface area (Å²) >= 11 is 1.37. The van der Waals surface area contributed by atoms with Crippen LogP contribution in [0.4, 0.5) is 5.13 Å². The van der Waals surface area contributed by atoms with Crippen LogP contribution in [0.5, 0.6) is 0 Å². The molecule has 1 saturated carbocycles. The van der Waals surface area contributed by atoms with E-state index in [1.54, 1.807) is 4.90 Å². The summed E-state index contributed by atoms with van der Waals surface area (Å²) in [5.41, 5.74) is 1.02. The second kappa shape index (κ2) is 5.31. The van der Waals surface area contributed by atoms with E-state index in [2.05, 4.69) is 10.3 Å². The van der Waals surface area contributed by atoms with E-state index in [0.29, 0.717) is 11.0 Å². The van der Waals surface area contributed by atoms with Crippen molar-refractivity contribution in [1.29, 1.82) is 0 Å². The molecule has 2 bridgehead atoms. The summed E-state index contributed by atoms with van der Waals surface area (Å²) in [6, 6.07) is 0.130. The van der Waals surface area contributed by atoms with Crippen LogP contribution in [-0.4, -0.2) is 45.5 Å². The molecule has 4 rings (SSSR count). The van der Waals surface area contributed by atoms with Crippen LogP contribution in [-0.2, 0) is 9.59 Å². The monoisotopic (exact) mass is 321 g/mol. The van der Waals surface area contributed by atoms with E-state index in [-0.39, 0.29) is 24.6 Å². The molecule has 1 aliphatic carbocycles. The fraction of sp³-hybridized carbons (Fsp3) is 0.667. The van der Waals surface area contributed by atoms with E-state index < -0.39 is 11.8 Å². The number of thiazole rings is 1. The van der Waals surface area contributed by atoms with Gasteiger partial charge in [0.1, 0.15) is 0 Å². The molecule has 2 amide bonds. The maximum Gasteiger partial charge on any atom is 0.315 e.